The fourth-order valence-corrected chi connectivity index (χ4v) is 3.00. The summed E-state index contributed by atoms with van der Waals surface area (Å²) in [5, 5.41) is 10.2. The molecule has 1 N–H and O–H groups in total. The average molecular weight is 346 g/mol. The number of carbonyl (C=O) groups excluding carboxylic acids is 2. The highest BCUT2D eigenvalue weighted by Gasteiger charge is 2.44. The van der Waals surface area contributed by atoms with Gasteiger partial charge in [0, 0.05) is 11.1 Å². The largest absolute Gasteiger partial charge is 0.454 e. The zero-order valence-corrected chi connectivity index (χ0v) is 15.2. The summed E-state index contributed by atoms with van der Waals surface area (Å²) in [4.78, 5) is 24.3. The van der Waals surface area contributed by atoms with Gasteiger partial charge in [0.1, 0.15) is 12.2 Å². The maximum Gasteiger partial charge on any atom is 0.334 e. The molecule has 2 rings (SSSR count). The van der Waals surface area contributed by atoms with E-state index in [0.29, 0.717) is 18.4 Å². The molecule has 2 aliphatic rings. The lowest BCUT2D eigenvalue weighted by atomic mass is 9.86. The van der Waals surface area contributed by atoms with Crippen molar-refractivity contribution in [3.63, 3.8) is 0 Å². The molecule has 0 radical (unpaired) electrons. The van der Waals surface area contributed by atoms with Gasteiger partial charge in [-0.15, -0.1) is 0 Å². The van der Waals surface area contributed by atoms with Crippen molar-refractivity contribution < 1.29 is 24.2 Å². The lowest BCUT2D eigenvalue weighted by molar-refractivity contribution is -0.144. The number of rotatable bonds is 2. The van der Waals surface area contributed by atoms with Crippen LogP contribution < -0.4 is 0 Å². The number of hydrogen-bond donors (Lipinski definition) is 1. The SMILES string of the molecule is C=C1C(=O)O[C@H]2/C=C(/C)[C@@H](O)CC/C(C)=C/[C@@H](OC(=O)/C(C)=C/C)[C@H]12. The number of aliphatic hydroxyl groups is 1. The lowest BCUT2D eigenvalue weighted by Crippen LogP contribution is -2.32. The zero-order valence-electron chi connectivity index (χ0n) is 15.2. The minimum atomic E-state index is -0.648. The number of allylic oxidation sites excluding steroid dienone is 2. The third-order valence-corrected chi connectivity index (χ3v) is 4.83. The summed E-state index contributed by atoms with van der Waals surface area (Å²) >= 11 is 0. The second kappa shape index (κ2) is 7.83. The van der Waals surface area contributed by atoms with Gasteiger partial charge in [-0.25, -0.2) is 9.59 Å². The molecule has 1 saturated heterocycles. The van der Waals surface area contributed by atoms with Crippen LogP contribution in [-0.2, 0) is 19.1 Å². The van der Waals surface area contributed by atoms with Crippen LogP contribution in [0.5, 0.6) is 0 Å². The molecule has 136 valence electrons. The maximum absolute atomic E-state index is 12.3. The van der Waals surface area contributed by atoms with Gasteiger partial charge in [0.05, 0.1) is 12.0 Å². The average Bonchev–Trinajstić information content (AvgIpc) is 2.84. The van der Waals surface area contributed by atoms with E-state index in [0.717, 1.165) is 11.1 Å². The predicted molar refractivity (Wildman–Crippen MR) is 94.6 cm³/mol. The van der Waals surface area contributed by atoms with E-state index < -0.39 is 36.2 Å². The van der Waals surface area contributed by atoms with Crippen LogP contribution in [0, 0.1) is 5.92 Å². The first-order chi connectivity index (χ1) is 11.7. The molecule has 0 unspecified atom stereocenters. The first-order valence-electron chi connectivity index (χ1n) is 8.52. The number of ether oxygens (including phenoxy) is 2. The van der Waals surface area contributed by atoms with Crippen molar-refractivity contribution in [3.05, 3.63) is 47.1 Å². The Labute approximate surface area is 148 Å². The van der Waals surface area contributed by atoms with Gasteiger partial charge in [-0.3, -0.25) is 0 Å². The van der Waals surface area contributed by atoms with Crippen molar-refractivity contribution in [2.24, 2.45) is 5.92 Å². The van der Waals surface area contributed by atoms with Crippen molar-refractivity contribution in [3.8, 4) is 0 Å². The molecule has 0 bridgehead atoms. The van der Waals surface area contributed by atoms with Gasteiger partial charge in [0.15, 0.2) is 0 Å². The van der Waals surface area contributed by atoms with E-state index in [1.165, 1.54) is 0 Å². The van der Waals surface area contributed by atoms with Crippen LogP contribution in [0.2, 0.25) is 0 Å². The fourth-order valence-electron chi connectivity index (χ4n) is 3.00. The summed E-state index contributed by atoms with van der Waals surface area (Å²) < 4.78 is 11.1. The van der Waals surface area contributed by atoms with Crippen LogP contribution in [0.1, 0.15) is 40.5 Å². The Kier molecular flexibility index (Phi) is 6.01. The molecule has 1 aliphatic heterocycles. The molecule has 1 heterocycles. The minimum Gasteiger partial charge on any atom is -0.454 e. The zero-order chi connectivity index (χ0) is 18.7. The molecule has 25 heavy (non-hydrogen) atoms. The predicted octanol–water partition coefficient (Wildman–Crippen LogP) is 3.01. The second-order valence-electron chi connectivity index (χ2n) is 6.74. The molecule has 1 fully saturated rings. The van der Waals surface area contributed by atoms with Crippen molar-refractivity contribution in [2.75, 3.05) is 0 Å². The van der Waals surface area contributed by atoms with Crippen molar-refractivity contribution in [1.29, 1.82) is 0 Å². The minimum absolute atomic E-state index is 0.282. The number of fused-ring (bicyclic) bond motifs is 1. The highest BCUT2D eigenvalue weighted by molar-refractivity contribution is 5.92. The van der Waals surface area contributed by atoms with Crippen LogP contribution in [0.15, 0.2) is 47.1 Å². The second-order valence-corrected chi connectivity index (χ2v) is 6.74. The van der Waals surface area contributed by atoms with E-state index in [2.05, 4.69) is 6.58 Å². The number of esters is 2. The van der Waals surface area contributed by atoms with Crippen LogP contribution in [0.4, 0.5) is 0 Å². The third kappa shape index (κ3) is 4.28. The van der Waals surface area contributed by atoms with Gasteiger partial charge in [-0.05, 0) is 58.3 Å². The Hall–Kier alpha value is -2.14. The van der Waals surface area contributed by atoms with E-state index in [1.54, 1.807) is 26.0 Å². The van der Waals surface area contributed by atoms with Gasteiger partial charge >= 0.3 is 11.9 Å². The fraction of sp³-hybridized carbons (Fsp3) is 0.500. The quantitative estimate of drug-likeness (QED) is 0.473. The standard InChI is InChI=1S/C20H26O5/c1-6-12(3)19(22)24-16-9-11(2)7-8-15(21)13(4)10-17-18(16)14(5)20(23)25-17/h6,9-10,15-18,21H,5,7-8H2,1-4H3/b11-9+,12-6+,13-10-/t15-,16+,17-,18-/m0/s1. The van der Waals surface area contributed by atoms with E-state index in [-0.39, 0.29) is 5.57 Å². The summed E-state index contributed by atoms with van der Waals surface area (Å²) in [7, 11) is 0. The lowest BCUT2D eigenvalue weighted by Gasteiger charge is -2.26. The number of hydrogen-bond acceptors (Lipinski definition) is 5. The van der Waals surface area contributed by atoms with Gasteiger partial charge in [0.25, 0.3) is 0 Å². The molecule has 5 heteroatoms. The van der Waals surface area contributed by atoms with E-state index in [1.807, 2.05) is 19.9 Å². The van der Waals surface area contributed by atoms with E-state index in [9.17, 15) is 14.7 Å². The maximum atomic E-state index is 12.3. The Morgan fingerprint density at radius 1 is 1.40 bits per heavy atom. The van der Waals surface area contributed by atoms with Gasteiger partial charge in [0.2, 0.25) is 0 Å². The highest BCUT2D eigenvalue weighted by atomic mass is 16.6. The normalized spacial score (nSPS) is 35.0. The van der Waals surface area contributed by atoms with Gasteiger partial charge < -0.3 is 14.6 Å². The Morgan fingerprint density at radius 3 is 2.72 bits per heavy atom. The summed E-state index contributed by atoms with van der Waals surface area (Å²) in [6.07, 6.45) is 4.64. The number of aliphatic hydroxyl groups excluding tert-OH is 1. The van der Waals surface area contributed by atoms with E-state index in [4.69, 9.17) is 9.47 Å². The van der Waals surface area contributed by atoms with Crippen LogP contribution in [0.25, 0.3) is 0 Å². The van der Waals surface area contributed by atoms with E-state index >= 15 is 0 Å². The molecule has 0 aromatic rings. The summed E-state index contributed by atoms with van der Waals surface area (Å²) in [5.41, 5.74) is 2.50. The van der Waals surface area contributed by atoms with Crippen molar-refractivity contribution in [1.82, 2.24) is 0 Å². The molecule has 0 spiro atoms. The summed E-state index contributed by atoms with van der Waals surface area (Å²) in [6, 6.07) is 0. The monoisotopic (exact) mass is 346 g/mol. The Morgan fingerprint density at radius 2 is 2.08 bits per heavy atom. The third-order valence-electron chi connectivity index (χ3n) is 4.83. The van der Waals surface area contributed by atoms with Gasteiger partial charge in [-0.2, -0.15) is 0 Å². The van der Waals surface area contributed by atoms with Crippen LogP contribution in [0.3, 0.4) is 0 Å². The molecular formula is C20H26O5. The molecule has 0 aromatic carbocycles. The summed E-state index contributed by atoms with van der Waals surface area (Å²) in [5.74, 6) is -1.43. The van der Waals surface area contributed by atoms with Crippen LogP contribution >= 0.6 is 0 Å². The Bertz CT molecular complexity index is 668. The smallest absolute Gasteiger partial charge is 0.334 e. The molecular weight excluding hydrogens is 320 g/mol. The topological polar surface area (TPSA) is 72.8 Å². The van der Waals surface area contributed by atoms with Gasteiger partial charge in [-0.1, -0.05) is 18.2 Å². The highest BCUT2D eigenvalue weighted by Crippen LogP contribution is 2.35. The molecule has 0 aromatic heterocycles. The first-order valence-corrected chi connectivity index (χ1v) is 8.52. The molecule has 0 amide bonds. The molecule has 5 nitrogen and oxygen atoms in total. The van der Waals surface area contributed by atoms with Crippen molar-refractivity contribution in [2.45, 2.75) is 58.8 Å². The summed E-state index contributed by atoms with van der Waals surface area (Å²) in [6.45, 7) is 11.0. The van der Waals surface area contributed by atoms with Crippen molar-refractivity contribution >= 4 is 11.9 Å². The molecule has 4 atom stereocenters. The van der Waals surface area contributed by atoms with Crippen LogP contribution in [-0.4, -0.2) is 35.4 Å². The number of carbonyl (C=O) groups is 2. The Balaban J connectivity index is 2.44. The first kappa shape index (κ1) is 19.2. The molecule has 0 saturated carbocycles. The molecule has 1 aliphatic carbocycles.